The molecule has 3 aromatic rings. The van der Waals surface area contributed by atoms with Crippen LogP contribution >= 0.6 is 0 Å². The number of hydrogen-bond donors (Lipinski definition) is 0. The first-order valence-corrected chi connectivity index (χ1v) is 8.19. The van der Waals surface area contributed by atoms with Gasteiger partial charge in [0.25, 0.3) is 0 Å². The number of benzene rings is 1. The van der Waals surface area contributed by atoms with E-state index in [0.717, 1.165) is 17.9 Å². The van der Waals surface area contributed by atoms with Crippen molar-refractivity contribution < 1.29 is 17.6 Å². The zero-order valence-electron chi connectivity index (χ0n) is 13.6. The van der Waals surface area contributed by atoms with E-state index in [1.807, 2.05) is 15.5 Å². The molecule has 1 saturated heterocycles. The first kappa shape index (κ1) is 16.7. The maximum absolute atomic E-state index is 13.8. The molecule has 9 heteroatoms. The molecule has 0 aliphatic carbocycles. The van der Waals surface area contributed by atoms with Crippen molar-refractivity contribution in [3.63, 3.8) is 0 Å². The number of halogens is 4. The van der Waals surface area contributed by atoms with E-state index in [-0.39, 0.29) is 17.7 Å². The Hall–Kier alpha value is -2.71. The molecule has 0 spiro atoms. The summed E-state index contributed by atoms with van der Waals surface area (Å²) in [5.74, 6) is -0.0911. The Morgan fingerprint density at radius 2 is 1.81 bits per heavy atom. The number of fused-ring (bicyclic) bond motifs is 1. The third-order valence-corrected chi connectivity index (χ3v) is 4.68. The van der Waals surface area contributed by atoms with Crippen LogP contribution in [0, 0.1) is 5.82 Å². The highest BCUT2D eigenvalue weighted by Crippen LogP contribution is 2.32. The molecule has 0 amide bonds. The quantitative estimate of drug-likeness (QED) is 0.648. The molecule has 0 N–H and O–H groups in total. The number of piperidine rings is 1. The maximum atomic E-state index is 13.8. The van der Waals surface area contributed by atoms with Crippen LogP contribution < -0.4 is 4.90 Å². The van der Waals surface area contributed by atoms with Gasteiger partial charge in [-0.15, -0.1) is 0 Å². The van der Waals surface area contributed by atoms with Crippen LogP contribution in [-0.2, 0) is 6.18 Å². The van der Waals surface area contributed by atoms with Gasteiger partial charge < -0.3 is 9.47 Å². The van der Waals surface area contributed by atoms with Crippen molar-refractivity contribution in [1.29, 1.82) is 0 Å². The smallest absolute Gasteiger partial charge is 0.356 e. The van der Waals surface area contributed by atoms with Crippen molar-refractivity contribution in [3.8, 4) is 0 Å². The number of aromatic nitrogens is 4. The molecule has 136 valence electrons. The molecule has 0 atom stereocenters. The van der Waals surface area contributed by atoms with E-state index in [0.29, 0.717) is 31.4 Å². The zero-order chi connectivity index (χ0) is 18.3. The van der Waals surface area contributed by atoms with Crippen molar-refractivity contribution >= 4 is 16.9 Å². The van der Waals surface area contributed by atoms with E-state index in [9.17, 15) is 17.6 Å². The highest BCUT2D eigenvalue weighted by molar-refractivity contribution is 5.76. The third kappa shape index (κ3) is 2.97. The van der Waals surface area contributed by atoms with Gasteiger partial charge in [0.1, 0.15) is 23.4 Å². The second-order valence-corrected chi connectivity index (χ2v) is 6.24. The molecular formula is C17H15F4N5. The molecular weight excluding hydrogens is 350 g/mol. The number of hydrogen-bond acceptors (Lipinski definition) is 4. The number of anilines is 1. The van der Waals surface area contributed by atoms with Gasteiger partial charge in [-0.1, -0.05) is 6.07 Å². The van der Waals surface area contributed by atoms with Crippen LogP contribution in [0.15, 0.2) is 36.9 Å². The Balaban J connectivity index is 1.52. The molecule has 0 bridgehead atoms. The monoisotopic (exact) mass is 365 g/mol. The summed E-state index contributed by atoms with van der Waals surface area (Å²) >= 11 is 0. The number of alkyl halides is 3. The summed E-state index contributed by atoms with van der Waals surface area (Å²) in [4.78, 5) is 13.2. The van der Waals surface area contributed by atoms with Crippen LogP contribution in [0.2, 0.25) is 0 Å². The van der Waals surface area contributed by atoms with Gasteiger partial charge >= 0.3 is 6.18 Å². The summed E-state index contributed by atoms with van der Waals surface area (Å²) in [6.07, 6.45) is -0.520. The molecule has 1 aromatic carbocycles. The largest absolute Gasteiger partial charge is 0.433 e. The van der Waals surface area contributed by atoms with Crippen molar-refractivity contribution in [2.75, 3.05) is 18.0 Å². The highest BCUT2D eigenvalue weighted by atomic mass is 19.4. The number of imidazole rings is 1. The topological polar surface area (TPSA) is 46.8 Å². The fraction of sp³-hybridized carbons (Fsp3) is 0.353. The van der Waals surface area contributed by atoms with Gasteiger partial charge in [-0.2, -0.15) is 13.2 Å². The minimum atomic E-state index is -4.49. The van der Waals surface area contributed by atoms with E-state index in [1.165, 1.54) is 6.07 Å². The number of para-hydroxylation sites is 1. The molecule has 1 fully saturated rings. The van der Waals surface area contributed by atoms with Crippen molar-refractivity contribution in [1.82, 2.24) is 19.5 Å². The van der Waals surface area contributed by atoms with Crippen LogP contribution in [0.4, 0.5) is 23.4 Å². The Morgan fingerprint density at radius 1 is 1.04 bits per heavy atom. The van der Waals surface area contributed by atoms with E-state index in [2.05, 4.69) is 15.0 Å². The average molecular weight is 365 g/mol. The summed E-state index contributed by atoms with van der Waals surface area (Å²) in [7, 11) is 0. The molecule has 5 nitrogen and oxygen atoms in total. The standard InChI is InChI=1S/C17H15F4N5/c18-12-2-1-3-13-16(12)24-10-26(13)11-4-6-25(7-5-11)15-8-14(17(19,20)21)22-9-23-15/h1-3,8-11H,4-7H2. The summed E-state index contributed by atoms with van der Waals surface area (Å²) in [6, 6.07) is 5.92. The number of nitrogens with zero attached hydrogens (tertiary/aromatic N) is 5. The van der Waals surface area contributed by atoms with Crippen molar-refractivity contribution in [2.45, 2.75) is 25.1 Å². The molecule has 2 aromatic heterocycles. The summed E-state index contributed by atoms with van der Waals surface area (Å²) in [5, 5.41) is 0. The van der Waals surface area contributed by atoms with Crippen LogP contribution in [0.25, 0.3) is 11.0 Å². The molecule has 4 rings (SSSR count). The van der Waals surface area contributed by atoms with Gasteiger partial charge in [-0.3, -0.25) is 0 Å². The Morgan fingerprint density at radius 3 is 2.54 bits per heavy atom. The summed E-state index contributed by atoms with van der Waals surface area (Å²) < 4.78 is 54.2. The molecule has 1 aliphatic heterocycles. The van der Waals surface area contributed by atoms with Gasteiger partial charge in [0.2, 0.25) is 0 Å². The molecule has 26 heavy (non-hydrogen) atoms. The van der Waals surface area contributed by atoms with Crippen LogP contribution in [-0.4, -0.2) is 32.6 Å². The van der Waals surface area contributed by atoms with Gasteiger partial charge in [0, 0.05) is 25.2 Å². The zero-order valence-corrected chi connectivity index (χ0v) is 13.6. The SMILES string of the molecule is Fc1cccc2c1ncn2C1CCN(c2cc(C(F)(F)F)ncn2)CC1. The lowest BCUT2D eigenvalue weighted by Gasteiger charge is -2.33. The summed E-state index contributed by atoms with van der Waals surface area (Å²) in [5.41, 5.74) is 0.117. The Labute approximate surface area is 146 Å². The minimum absolute atomic E-state index is 0.113. The second-order valence-electron chi connectivity index (χ2n) is 6.24. The van der Waals surface area contributed by atoms with Gasteiger partial charge in [0.05, 0.1) is 11.8 Å². The van der Waals surface area contributed by atoms with Crippen molar-refractivity contribution in [2.24, 2.45) is 0 Å². The fourth-order valence-electron chi connectivity index (χ4n) is 3.36. The van der Waals surface area contributed by atoms with Crippen molar-refractivity contribution in [3.05, 3.63) is 48.4 Å². The van der Waals surface area contributed by atoms with Gasteiger partial charge in [0.15, 0.2) is 5.82 Å². The van der Waals surface area contributed by atoms with E-state index < -0.39 is 11.9 Å². The van der Waals surface area contributed by atoms with Crippen LogP contribution in [0.1, 0.15) is 24.6 Å². The summed E-state index contributed by atoms with van der Waals surface area (Å²) in [6.45, 7) is 1.10. The van der Waals surface area contributed by atoms with Gasteiger partial charge in [-0.05, 0) is 25.0 Å². The van der Waals surface area contributed by atoms with Crippen LogP contribution in [0.3, 0.4) is 0 Å². The molecule has 1 aliphatic rings. The molecule has 3 heterocycles. The Kier molecular flexibility index (Phi) is 4.01. The molecule has 0 unspecified atom stereocenters. The molecule has 0 radical (unpaired) electrons. The first-order chi connectivity index (χ1) is 12.4. The average Bonchev–Trinajstić information content (AvgIpc) is 3.07. The highest BCUT2D eigenvalue weighted by Gasteiger charge is 2.33. The Bertz CT molecular complexity index is 928. The lowest BCUT2D eigenvalue weighted by Crippen LogP contribution is -2.35. The predicted molar refractivity (Wildman–Crippen MR) is 87.2 cm³/mol. The maximum Gasteiger partial charge on any atom is 0.433 e. The predicted octanol–water partition coefficient (Wildman–Crippen LogP) is 3.83. The van der Waals surface area contributed by atoms with E-state index in [4.69, 9.17) is 0 Å². The van der Waals surface area contributed by atoms with Crippen LogP contribution in [0.5, 0.6) is 0 Å². The van der Waals surface area contributed by atoms with E-state index in [1.54, 1.807) is 12.4 Å². The fourth-order valence-corrected chi connectivity index (χ4v) is 3.36. The lowest BCUT2D eigenvalue weighted by molar-refractivity contribution is -0.141. The molecule has 0 saturated carbocycles. The first-order valence-electron chi connectivity index (χ1n) is 8.19. The number of rotatable bonds is 2. The normalized spacial score (nSPS) is 16.4. The minimum Gasteiger partial charge on any atom is -0.356 e. The third-order valence-electron chi connectivity index (χ3n) is 4.68. The lowest BCUT2D eigenvalue weighted by atomic mass is 10.0. The van der Waals surface area contributed by atoms with E-state index >= 15 is 0 Å². The second kappa shape index (κ2) is 6.22. The van der Waals surface area contributed by atoms with Gasteiger partial charge in [-0.25, -0.2) is 19.3 Å².